The predicted molar refractivity (Wildman–Crippen MR) is 35.6 cm³/mol. The molecule has 0 unspecified atom stereocenters. The predicted octanol–water partition coefficient (Wildman–Crippen LogP) is -0.0692. The Hall–Kier alpha value is -1.20. The molecule has 0 aromatic carbocycles. The first-order chi connectivity index (χ1) is 5.46. The lowest BCUT2D eigenvalue weighted by Crippen LogP contribution is -2.45. The Morgan fingerprint density at radius 2 is 2.00 bits per heavy atom. The number of halogens is 2. The van der Waals surface area contributed by atoms with E-state index in [4.69, 9.17) is 0 Å². The highest BCUT2D eigenvalue weighted by Crippen LogP contribution is 2.15. The van der Waals surface area contributed by atoms with Gasteiger partial charge in [0.25, 0.3) is 0 Å². The first kappa shape index (κ1) is 10.8. The van der Waals surface area contributed by atoms with Crippen molar-refractivity contribution in [2.75, 3.05) is 13.7 Å². The highest BCUT2D eigenvalue weighted by Gasteiger charge is 2.48. The van der Waals surface area contributed by atoms with Crippen LogP contribution < -0.4 is 5.32 Å². The molecule has 0 spiro atoms. The van der Waals surface area contributed by atoms with Gasteiger partial charge in [0, 0.05) is 7.05 Å². The van der Waals surface area contributed by atoms with Crippen LogP contribution in [0.2, 0.25) is 0 Å². The molecule has 0 rings (SSSR count). The van der Waals surface area contributed by atoms with Gasteiger partial charge in [-0.25, -0.2) is 4.79 Å². The van der Waals surface area contributed by atoms with Crippen LogP contribution in [0.5, 0.6) is 0 Å². The second-order valence-electron chi connectivity index (χ2n) is 1.87. The molecule has 0 aromatic heterocycles. The van der Waals surface area contributed by atoms with Crippen molar-refractivity contribution in [2.24, 2.45) is 0 Å². The Bertz CT molecular complexity index is 193. The van der Waals surface area contributed by atoms with Crippen LogP contribution in [-0.2, 0) is 14.3 Å². The number of alkyl halides is 2. The molecule has 0 heterocycles. The van der Waals surface area contributed by atoms with Crippen molar-refractivity contribution in [3.8, 4) is 0 Å². The molecule has 0 atom stereocenters. The summed E-state index contributed by atoms with van der Waals surface area (Å²) in [6, 6.07) is 0. The molecule has 0 saturated carbocycles. The minimum atomic E-state index is -4.09. The third-order valence-corrected chi connectivity index (χ3v) is 1.04. The van der Waals surface area contributed by atoms with Crippen LogP contribution in [0.3, 0.4) is 0 Å². The van der Waals surface area contributed by atoms with Crippen LogP contribution in [0.1, 0.15) is 6.92 Å². The van der Waals surface area contributed by atoms with Gasteiger partial charge in [-0.15, -0.1) is 0 Å². The van der Waals surface area contributed by atoms with E-state index in [-0.39, 0.29) is 6.61 Å². The zero-order chi connectivity index (χ0) is 9.78. The third kappa shape index (κ3) is 2.14. The zero-order valence-electron chi connectivity index (χ0n) is 6.69. The fraction of sp³-hybridized carbons (Fsp3) is 0.667. The molecule has 70 valence electrons. The number of carbonyl (C=O) groups is 2. The minimum absolute atomic E-state index is 0.189. The van der Waals surface area contributed by atoms with Gasteiger partial charge in [-0.1, -0.05) is 0 Å². The molecule has 0 fully saturated rings. The van der Waals surface area contributed by atoms with Crippen molar-refractivity contribution >= 4 is 11.9 Å². The summed E-state index contributed by atoms with van der Waals surface area (Å²) >= 11 is 0. The van der Waals surface area contributed by atoms with Gasteiger partial charge in [-0.05, 0) is 6.92 Å². The van der Waals surface area contributed by atoms with Crippen molar-refractivity contribution in [1.29, 1.82) is 0 Å². The largest absolute Gasteiger partial charge is 0.461 e. The quantitative estimate of drug-likeness (QED) is 0.489. The lowest BCUT2D eigenvalue weighted by atomic mass is 10.3. The molecule has 1 N–H and O–H groups in total. The van der Waals surface area contributed by atoms with Gasteiger partial charge in [0.05, 0.1) is 6.61 Å². The maximum Gasteiger partial charge on any atom is 0.418 e. The number of esters is 1. The molecular weight excluding hydrogens is 172 g/mol. The molecule has 1 amide bonds. The Balaban J connectivity index is 4.38. The second kappa shape index (κ2) is 3.99. The monoisotopic (exact) mass is 181 g/mol. The van der Waals surface area contributed by atoms with Crippen molar-refractivity contribution < 1.29 is 23.1 Å². The fourth-order valence-corrected chi connectivity index (χ4v) is 0.471. The molecule has 0 bridgehead atoms. The van der Waals surface area contributed by atoms with Gasteiger partial charge in [-0.2, -0.15) is 8.78 Å². The van der Waals surface area contributed by atoms with Gasteiger partial charge in [-0.3, -0.25) is 4.79 Å². The van der Waals surface area contributed by atoms with E-state index >= 15 is 0 Å². The Morgan fingerprint density at radius 3 is 2.33 bits per heavy atom. The van der Waals surface area contributed by atoms with E-state index in [1.165, 1.54) is 6.92 Å². The van der Waals surface area contributed by atoms with E-state index < -0.39 is 17.8 Å². The lowest BCUT2D eigenvalue weighted by Gasteiger charge is -2.11. The van der Waals surface area contributed by atoms with Crippen LogP contribution in [0.25, 0.3) is 0 Å². The molecule has 0 aliphatic heterocycles. The van der Waals surface area contributed by atoms with E-state index in [1.807, 2.05) is 0 Å². The minimum Gasteiger partial charge on any atom is -0.461 e. The van der Waals surface area contributed by atoms with E-state index in [2.05, 4.69) is 4.74 Å². The average Bonchev–Trinajstić information content (AvgIpc) is 2.03. The number of amides is 1. The van der Waals surface area contributed by atoms with Gasteiger partial charge < -0.3 is 10.1 Å². The van der Waals surface area contributed by atoms with Gasteiger partial charge >= 0.3 is 17.8 Å². The topological polar surface area (TPSA) is 55.4 Å². The van der Waals surface area contributed by atoms with Crippen LogP contribution in [-0.4, -0.2) is 31.5 Å². The summed E-state index contributed by atoms with van der Waals surface area (Å²) in [6.07, 6.45) is 0. The average molecular weight is 181 g/mol. The van der Waals surface area contributed by atoms with Crippen LogP contribution in [0, 0.1) is 0 Å². The van der Waals surface area contributed by atoms with E-state index in [1.54, 1.807) is 5.32 Å². The number of ether oxygens (including phenoxy) is 1. The maximum absolute atomic E-state index is 12.5. The summed E-state index contributed by atoms with van der Waals surface area (Å²) in [7, 11) is 1.01. The number of carbonyl (C=O) groups excluding carboxylic acids is 2. The molecule has 4 nitrogen and oxygen atoms in total. The first-order valence-electron chi connectivity index (χ1n) is 3.24. The Kier molecular flexibility index (Phi) is 3.59. The molecule has 6 heteroatoms. The number of nitrogens with one attached hydrogen (secondary N) is 1. The summed E-state index contributed by atoms with van der Waals surface area (Å²) in [5.74, 6) is -7.59. The van der Waals surface area contributed by atoms with Crippen LogP contribution >= 0.6 is 0 Å². The lowest BCUT2D eigenvalue weighted by molar-refractivity contribution is -0.177. The smallest absolute Gasteiger partial charge is 0.418 e. The SMILES string of the molecule is CCOC(=O)C(F)(F)C(=O)NC. The van der Waals surface area contributed by atoms with E-state index in [0.29, 0.717) is 0 Å². The zero-order valence-corrected chi connectivity index (χ0v) is 6.69. The highest BCUT2D eigenvalue weighted by molar-refractivity contribution is 6.03. The standard InChI is InChI=1S/C6H9F2NO3/c1-3-12-5(11)6(7,8)4(10)9-2/h3H2,1-2H3,(H,9,10). The molecule has 0 aliphatic carbocycles. The van der Waals surface area contributed by atoms with Gasteiger partial charge in [0.2, 0.25) is 0 Å². The summed E-state index contributed by atoms with van der Waals surface area (Å²) in [5.41, 5.74) is 0. The summed E-state index contributed by atoms with van der Waals surface area (Å²) in [5, 5.41) is 1.65. The number of hydrogen-bond donors (Lipinski definition) is 1. The number of rotatable bonds is 3. The van der Waals surface area contributed by atoms with Crippen molar-refractivity contribution in [2.45, 2.75) is 12.8 Å². The van der Waals surface area contributed by atoms with Crippen molar-refractivity contribution in [1.82, 2.24) is 5.32 Å². The summed E-state index contributed by atoms with van der Waals surface area (Å²) in [4.78, 5) is 20.8. The summed E-state index contributed by atoms with van der Waals surface area (Å²) in [6.45, 7) is 1.18. The van der Waals surface area contributed by atoms with E-state index in [0.717, 1.165) is 7.05 Å². The molecule has 12 heavy (non-hydrogen) atoms. The summed E-state index contributed by atoms with van der Waals surface area (Å²) < 4.78 is 29.0. The molecule has 0 saturated heterocycles. The van der Waals surface area contributed by atoms with Gasteiger partial charge in [0.1, 0.15) is 0 Å². The molecular formula is C6H9F2NO3. The fourth-order valence-electron chi connectivity index (χ4n) is 0.471. The molecule has 0 aliphatic rings. The first-order valence-corrected chi connectivity index (χ1v) is 3.24. The highest BCUT2D eigenvalue weighted by atomic mass is 19.3. The Morgan fingerprint density at radius 1 is 1.50 bits per heavy atom. The molecule has 0 aromatic rings. The molecule has 0 radical (unpaired) electrons. The normalized spacial score (nSPS) is 10.7. The third-order valence-electron chi connectivity index (χ3n) is 1.04. The maximum atomic E-state index is 12.5. The second-order valence-corrected chi connectivity index (χ2v) is 1.87. The van der Waals surface area contributed by atoms with Crippen molar-refractivity contribution in [3.05, 3.63) is 0 Å². The Labute approximate surface area is 67.9 Å². The number of hydrogen-bond acceptors (Lipinski definition) is 3. The van der Waals surface area contributed by atoms with Gasteiger partial charge in [0.15, 0.2) is 0 Å². The van der Waals surface area contributed by atoms with Crippen LogP contribution in [0.4, 0.5) is 8.78 Å². The van der Waals surface area contributed by atoms with E-state index in [9.17, 15) is 18.4 Å². The van der Waals surface area contributed by atoms with Crippen molar-refractivity contribution in [3.63, 3.8) is 0 Å². The van der Waals surface area contributed by atoms with Crippen LogP contribution in [0.15, 0.2) is 0 Å².